The summed E-state index contributed by atoms with van der Waals surface area (Å²) in [5.74, 6) is -1.86. The number of nitrogens with zero attached hydrogens (tertiary/aromatic N) is 3. The molecule has 0 aliphatic carbocycles. The summed E-state index contributed by atoms with van der Waals surface area (Å²) in [6, 6.07) is 8.74. The van der Waals surface area contributed by atoms with Crippen molar-refractivity contribution in [3.05, 3.63) is 60.2 Å². The molecule has 0 saturated heterocycles. The third-order valence-corrected chi connectivity index (χ3v) is 3.74. The Morgan fingerprint density at radius 1 is 0.900 bits per heavy atom. The fourth-order valence-electron chi connectivity index (χ4n) is 2.25. The molecule has 0 spiro atoms. The lowest BCUT2D eigenvalue weighted by atomic mass is 10.1. The highest BCUT2D eigenvalue weighted by Gasteiger charge is 2.03. The van der Waals surface area contributed by atoms with E-state index in [4.69, 9.17) is 10.2 Å². The molecule has 0 saturated carbocycles. The number of unbranched alkanes of at least 4 members (excludes halogenated alkanes) is 4. The number of amides is 1. The lowest BCUT2D eigenvalue weighted by molar-refractivity contribution is -0.138. The number of aromatic nitrogens is 2. The molecule has 3 N–H and O–H groups in total. The number of rotatable bonds is 11. The van der Waals surface area contributed by atoms with Gasteiger partial charge in [0.25, 0.3) is 5.91 Å². The molecule has 9 heteroatoms. The van der Waals surface area contributed by atoms with Crippen molar-refractivity contribution >= 4 is 24.1 Å². The first-order chi connectivity index (χ1) is 14.5. The average Bonchev–Trinajstić information content (AvgIpc) is 2.74. The molecule has 0 radical (unpaired) electrons. The fraction of sp³-hybridized carbons (Fsp3) is 0.333. The molecule has 0 aliphatic rings. The second-order valence-electron chi connectivity index (χ2n) is 6.26. The maximum absolute atomic E-state index is 11.5. The van der Waals surface area contributed by atoms with Gasteiger partial charge in [-0.3, -0.25) is 24.4 Å². The van der Waals surface area contributed by atoms with E-state index in [-0.39, 0.29) is 18.7 Å². The number of hydrogen-bond acceptors (Lipinski definition) is 6. The zero-order valence-electron chi connectivity index (χ0n) is 16.6. The van der Waals surface area contributed by atoms with Gasteiger partial charge in [0.2, 0.25) is 0 Å². The second kappa shape index (κ2) is 15.3. The number of carbonyl (C=O) groups excluding carboxylic acids is 1. The lowest BCUT2D eigenvalue weighted by Gasteiger charge is -1.97. The Morgan fingerprint density at radius 2 is 1.57 bits per heavy atom. The summed E-state index contributed by atoms with van der Waals surface area (Å²) in [5, 5.41) is 20.4. The van der Waals surface area contributed by atoms with Crippen LogP contribution in [0.15, 0.2) is 54.0 Å². The van der Waals surface area contributed by atoms with Crippen molar-refractivity contribution in [2.75, 3.05) is 0 Å². The van der Waals surface area contributed by atoms with Crippen molar-refractivity contribution < 1.29 is 24.6 Å². The molecule has 0 aliphatic heterocycles. The largest absolute Gasteiger partial charge is 0.481 e. The molecule has 0 unspecified atom stereocenters. The van der Waals surface area contributed by atoms with Gasteiger partial charge in [-0.25, -0.2) is 5.43 Å². The SMILES string of the molecule is O=C(N/N=C/c1cccnc1)c1ccccn1.O=C(O)CCCCCCCC(=O)O. The van der Waals surface area contributed by atoms with Crippen LogP contribution in [0.1, 0.15) is 61.0 Å². The van der Waals surface area contributed by atoms with Crippen LogP contribution in [0.3, 0.4) is 0 Å². The molecule has 9 nitrogen and oxygen atoms in total. The highest BCUT2D eigenvalue weighted by Crippen LogP contribution is 2.06. The number of hydrogen-bond donors (Lipinski definition) is 3. The first-order valence-electron chi connectivity index (χ1n) is 9.57. The van der Waals surface area contributed by atoms with Crippen LogP contribution < -0.4 is 5.43 Å². The zero-order chi connectivity index (χ0) is 22.0. The molecular weight excluding hydrogens is 388 g/mol. The molecule has 0 aromatic carbocycles. The summed E-state index contributed by atoms with van der Waals surface area (Å²) < 4.78 is 0. The molecule has 160 valence electrons. The summed E-state index contributed by atoms with van der Waals surface area (Å²) in [5.41, 5.74) is 3.53. The van der Waals surface area contributed by atoms with Crippen molar-refractivity contribution in [2.45, 2.75) is 44.9 Å². The molecule has 1 amide bonds. The minimum Gasteiger partial charge on any atom is -0.481 e. The monoisotopic (exact) mass is 414 g/mol. The summed E-state index contributed by atoms with van der Waals surface area (Å²) in [7, 11) is 0. The van der Waals surface area contributed by atoms with Crippen LogP contribution in [-0.4, -0.2) is 44.2 Å². The van der Waals surface area contributed by atoms with Crippen LogP contribution in [0.5, 0.6) is 0 Å². The number of carboxylic acids is 2. The Bertz CT molecular complexity index is 780. The van der Waals surface area contributed by atoms with E-state index in [0.717, 1.165) is 24.8 Å². The molecule has 2 aromatic rings. The van der Waals surface area contributed by atoms with Crippen molar-refractivity contribution in [3.63, 3.8) is 0 Å². The van der Waals surface area contributed by atoms with E-state index >= 15 is 0 Å². The van der Waals surface area contributed by atoms with Gasteiger partial charge in [0, 0.05) is 37.0 Å². The molecular formula is C21H26N4O5. The quantitative estimate of drug-likeness (QED) is 0.291. The van der Waals surface area contributed by atoms with Crippen LogP contribution in [0.2, 0.25) is 0 Å². The number of nitrogens with one attached hydrogen (secondary N) is 1. The van der Waals surface area contributed by atoms with Gasteiger partial charge >= 0.3 is 11.9 Å². The maximum Gasteiger partial charge on any atom is 0.303 e. The van der Waals surface area contributed by atoms with Crippen LogP contribution in [0.4, 0.5) is 0 Å². The number of aliphatic carboxylic acids is 2. The van der Waals surface area contributed by atoms with Crippen LogP contribution in [0.25, 0.3) is 0 Å². The van der Waals surface area contributed by atoms with E-state index in [0.29, 0.717) is 18.5 Å². The van der Waals surface area contributed by atoms with E-state index in [1.165, 1.54) is 6.21 Å². The lowest BCUT2D eigenvalue weighted by Crippen LogP contribution is -2.18. The molecule has 0 bridgehead atoms. The van der Waals surface area contributed by atoms with Gasteiger partial charge in [-0.1, -0.05) is 31.4 Å². The maximum atomic E-state index is 11.5. The third-order valence-electron chi connectivity index (χ3n) is 3.74. The molecule has 2 heterocycles. The molecule has 0 fully saturated rings. The zero-order valence-corrected chi connectivity index (χ0v) is 16.6. The molecule has 2 rings (SSSR count). The van der Waals surface area contributed by atoms with E-state index in [1.807, 2.05) is 6.07 Å². The highest BCUT2D eigenvalue weighted by molar-refractivity contribution is 5.92. The smallest absolute Gasteiger partial charge is 0.303 e. The first kappa shape index (κ1) is 24.4. The van der Waals surface area contributed by atoms with Gasteiger partial charge in [0.15, 0.2) is 0 Å². The Kier molecular flexibility index (Phi) is 12.5. The van der Waals surface area contributed by atoms with Crippen molar-refractivity contribution in [1.29, 1.82) is 0 Å². The van der Waals surface area contributed by atoms with Crippen LogP contribution in [-0.2, 0) is 9.59 Å². The predicted octanol–water partition coefficient (Wildman–Crippen LogP) is 3.13. The van der Waals surface area contributed by atoms with Gasteiger partial charge in [-0.2, -0.15) is 5.10 Å². The summed E-state index contributed by atoms with van der Waals surface area (Å²) in [4.78, 5) is 39.6. The van der Waals surface area contributed by atoms with E-state index in [2.05, 4.69) is 20.5 Å². The fourth-order valence-corrected chi connectivity index (χ4v) is 2.25. The number of pyridine rings is 2. The minimum atomic E-state index is -0.759. The summed E-state index contributed by atoms with van der Waals surface area (Å²) in [6.07, 6.45) is 10.9. The number of hydrazone groups is 1. The number of carbonyl (C=O) groups is 3. The third kappa shape index (κ3) is 12.7. The van der Waals surface area contributed by atoms with E-state index < -0.39 is 11.9 Å². The van der Waals surface area contributed by atoms with E-state index in [1.54, 1.807) is 42.9 Å². The standard InChI is InChI=1S/C12H10N4O.C9H16O4/c17-12(11-5-1-2-7-14-11)16-15-9-10-4-3-6-13-8-10;10-8(11)6-4-2-1-3-5-7-9(12)13/h1-9H,(H,16,17);1-7H2,(H,10,11)(H,12,13)/b15-9+;. The van der Waals surface area contributed by atoms with Gasteiger partial charge in [0.1, 0.15) is 5.69 Å². The van der Waals surface area contributed by atoms with Crippen LogP contribution in [0, 0.1) is 0 Å². The molecule has 30 heavy (non-hydrogen) atoms. The van der Waals surface area contributed by atoms with Gasteiger partial charge in [-0.15, -0.1) is 0 Å². The number of carboxylic acid groups (broad SMARTS) is 2. The summed E-state index contributed by atoms with van der Waals surface area (Å²) in [6.45, 7) is 0. The Balaban J connectivity index is 0.000000314. The second-order valence-corrected chi connectivity index (χ2v) is 6.26. The van der Waals surface area contributed by atoms with Gasteiger partial charge < -0.3 is 10.2 Å². The van der Waals surface area contributed by atoms with E-state index in [9.17, 15) is 14.4 Å². The normalized spacial score (nSPS) is 10.1. The Hall–Kier alpha value is -3.62. The van der Waals surface area contributed by atoms with Gasteiger partial charge in [0.05, 0.1) is 6.21 Å². The van der Waals surface area contributed by atoms with Crippen molar-refractivity contribution in [1.82, 2.24) is 15.4 Å². The summed E-state index contributed by atoms with van der Waals surface area (Å²) >= 11 is 0. The first-order valence-corrected chi connectivity index (χ1v) is 9.57. The van der Waals surface area contributed by atoms with Crippen molar-refractivity contribution in [2.24, 2.45) is 5.10 Å². The van der Waals surface area contributed by atoms with Gasteiger partial charge in [-0.05, 0) is 31.0 Å². The predicted molar refractivity (Wildman–Crippen MR) is 111 cm³/mol. The van der Waals surface area contributed by atoms with Crippen LogP contribution >= 0.6 is 0 Å². The Labute approximate surface area is 174 Å². The average molecular weight is 414 g/mol. The minimum absolute atomic E-state index is 0.221. The van der Waals surface area contributed by atoms with Crippen molar-refractivity contribution in [3.8, 4) is 0 Å². The highest BCUT2D eigenvalue weighted by atomic mass is 16.4. The topological polar surface area (TPSA) is 142 Å². The Morgan fingerprint density at radius 3 is 2.10 bits per heavy atom. The molecule has 2 aromatic heterocycles. The molecule has 0 atom stereocenters.